The first-order chi connectivity index (χ1) is 17.2. The van der Waals surface area contributed by atoms with Crippen molar-refractivity contribution in [3.63, 3.8) is 0 Å². The van der Waals surface area contributed by atoms with Gasteiger partial charge in [-0.15, -0.1) is 0 Å². The lowest BCUT2D eigenvalue weighted by atomic mass is 9.87. The highest BCUT2D eigenvalue weighted by Gasteiger charge is 2.47. The molecule has 1 N–H and O–H groups in total. The van der Waals surface area contributed by atoms with Gasteiger partial charge in [0.25, 0.3) is 11.7 Å². The Morgan fingerprint density at radius 3 is 2.19 bits per heavy atom. The van der Waals surface area contributed by atoms with Crippen LogP contribution in [0.3, 0.4) is 0 Å². The zero-order valence-electron chi connectivity index (χ0n) is 21.2. The number of carbonyl (C=O) groups is 2. The molecule has 0 spiro atoms. The molecule has 1 saturated heterocycles. The Bertz CT molecular complexity index is 1300. The number of anilines is 1. The number of aliphatic hydroxyl groups excluding tert-OH is 1. The molecule has 1 heterocycles. The quantitative estimate of drug-likeness (QED) is 0.263. The summed E-state index contributed by atoms with van der Waals surface area (Å²) in [5.41, 5.74) is 2.73. The number of ketones is 1. The highest BCUT2D eigenvalue weighted by Crippen LogP contribution is 2.43. The zero-order chi connectivity index (χ0) is 26.0. The van der Waals surface area contributed by atoms with Crippen LogP contribution in [0.25, 0.3) is 5.76 Å². The largest absolute Gasteiger partial charge is 0.507 e. The van der Waals surface area contributed by atoms with Crippen molar-refractivity contribution in [3.05, 3.63) is 95.1 Å². The third-order valence-corrected chi connectivity index (χ3v) is 6.31. The number of Topliss-reactive ketones (excluding diaryl/α,β-unsaturated/α-hetero) is 1. The van der Waals surface area contributed by atoms with E-state index in [-0.39, 0.29) is 16.7 Å². The summed E-state index contributed by atoms with van der Waals surface area (Å²) in [5, 5.41) is 11.3. The summed E-state index contributed by atoms with van der Waals surface area (Å²) in [4.78, 5) is 28.2. The van der Waals surface area contributed by atoms with Crippen molar-refractivity contribution in [2.45, 2.75) is 39.2 Å². The normalized spacial score (nSPS) is 17.4. The van der Waals surface area contributed by atoms with Crippen LogP contribution in [-0.4, -0.2) is 30.5 Å². The first-order valence-corrected chi connectivity index (χ1v) is 11.9. The van der Waals surface area contributed by atoms with E-state index in [1.54, 1.807) is 55.6 Å². The van der Waals surface area contributed by atoms with Gasteiger partial charge in [0.2, 0.25) is 0 Å². The second-order valence-corrected chi connectivity index (χ2v) is 9.70. The Kier molecular flexibility index (Phi) is 6.88. The molecule has 0 aliphatic carbocycles. The van der Waals surface area contributed by atoms with Crippen LogP contribution >= 0.6 is 0 Å². The maximum atomic E-state index is 13.4. The molecule has 1 amide bonds. The average molecular weight is 486 g/mol. The van der Waals surface area contributed by atoms with Gasteiger partial charge in [-0.25, -0.2) is 0 Å². The van der Waals surface area contributed by atoms with Crippen molar-refractivity contribution in [2.75, 3.05) is 18.6 Å². The summed E-state index contributed by atoms with van der Waals surface area (Å²) in [6.07, 6.45) is 0. The predicted octanol–water partition coefficient (Wildman–Crippen LogP) is 6.02. The van der Waals surface area contributed by atoms with Crippen LogP contribution in [0, 0.1) is 0 Å². The highest BCUT2D eigenvalue weighted by molar-refractivity contribution is 6.51. The molecular weight excluding hydrogens is 454 g/mol. The first kappa shape index (κ1) is 25.0. The minimum Gasteiger partial charge on any atom is -0.507 e. The third kappa shape index (κ3) is 4.71. The van der Waals surface area contributed by atoms with Crippen LogP contribution in [0.4, 0.5) is 5.69 Å². The van der Waals surface area contributed by atoms with Gasteiger partial charge in [0.05, 0.1) is 25.3 Å². The molecule has 0 aromatic heterocycles. The van der Waals surface area contributed by atoms with Gasteiger partial charge >= 0.3 is 0 Å². The predicted molar refractivity (Wildman–Crippen MR) is 141 cm³/mol. The molecule has 3 aromatic carbocycles. The van der Waals surface area contributed by atoms with Crippen molar-refractivity contribution in [1.82, 2.24) is 0 Å². The van der Waals surface area contributed by atoms with Crippen LogP contribution in [0.15, 0.2) is 78.4 Å². The number of methoxy groups -OCH3 is 1. The molecule has 0 bridgehead atoms. The molecule has 1 aliphatic rings. The molecule has 1 unspecified atom stereocenters. The lowest BCUT2D eigenvalue weighted by molar-refractivity contribution is -0.132. The molecule has 186 valence electrons. The summed E-state index contributed by atoms with van der Waals surface area (Å²) in [6, 6.07) is 20.8. The molecule has 36 heavy (non-hydrogen) atoms. The zero-order valence-corrected chi connectivity index (χ0v) is 21.2. The topological polar surface area (TPSA) is 76.1 Å². The number of hydrogen-bond donors (Lipinski definition) is 1. The van der Waals surface area contributed by atoms with E-state index < -0.39 is 17.7 Å². The van der Waals surface area contributed by atoms with E-state index in [1.165, 1.54) is 4.90 Å². The third-order valence-electron chi connectivity index (χ3n) is 6.31. The minimum absolute atomic E-state index is 0.0266. The van der Waals surface area contributed by atoms with Crippen LogP contribution in [0.1, 0.15) is 50.4 Å². The summed E-state index contributed by atoms with van der Waals surface area (Å²) >= 11 is 0. The summed E-state index contributed by atoms with van der Waals surface area (Å²) in [6.45, 7) is 8.67. The Morgan fingerprint density at radius 1 is 0.944 bits per heavy atom. The number of rotatable bonds is 6. The Hall–Kier alpha value is -4.06. The number of nitrogens with zero attached hydrogens (tertiary/aromatic N) is 1. The Morgan fingerprint density at radius 2 is 1.61 bits per heavy atom. The van der Waals surface area contributed by atoms with Gasteiger partial charge < -0.3 is 14.6 Å². The van der Waals surface area contributed by atoms with E-state index in [4.69, 9.17) is 9.47 Å². The first-order valence-electron chi connectivity index (χ1n) is 11.9. The summed E-state index contributed by atoms with van der Waals surface area (Å²) in [7, 11) is 1.57. The smallest absolute Gasteiger partial charge is 0.300 e. The van der Waals surface area contributed by atoms with Crippen LogP contribution in [0.2, 0.25) is 0 Å². The Balaban J connectivity index is 1.88. The van der Waals surface area contributed by atoms with E-state index in [2.05, 4.69) is 20.8 Å². The fraction of sp³-hybridized carbons (Fsp3) is 0.267. The summed E-state index contributed by atoms with van der Waals surface area (Å²) < 4.78 is 10.9. The number of hydrogen-bond acceptors (Lipinski definition) is 5. The van der Waals surface area contributed by atoms with Crippen molar-refractivity contribution >= 4 is 23.1 Å². The van der Waals surface area contributed by atoms with Crippen LogP contribution in [-0.2, 0) is 15.0 Å². The SMILES string of the molecule is CCOc1cccc(/C(O)=C2\C(=O)C(=O)N(c3ccc(C(C)(C)C)cc3)C2c2ccc(OC)cc2)c1. The van der Waals surface area contributed by atoms with Gasteiger partial charge in [-0.2, -0.15) is 0 Å². The van der Waals surface area contributed by atoms with Gasteiger partial charge in [0.15, 0.2) is 0 Å². The number of ether oxygens (including phenoxy) is 2. The highest BCUT2D eigenvalue weighted by atomic mass is 16.5. The fourth-order valence-electron chi connectivity index (χ4n) is 4.38. The van der Waals surface area contributed by atoms with Gasteiger partial charge in [-0.3, -0.25) is 14.5 Å². The standard InChI is InChI=1S/C30H31NO5/c1-6-36-24-9-7-8-20(18-24)27(32)25-26(19-10-16-23(35-5)17-11-19)31(29(34)28(25)33)22-14-12-21(13-15-22)30(2,3)4/h7-18,26,32H,6H2,1-5H3/b27-25+. The maximum absolute atomic E-state index is 13.4. The van der Waals surface area contributed by atoms with Gasteiger partial charge in [-0.1, -0.05) is 57.2 Å². The molecule has 0 radical (unpaired) electrons. The molecule has 6 heteroatoms. The molecule has 1 aliphatic heterocycles. The molecule has 1 atom stereocenters. The molecule has 0 saturated carbocycles. The monoisotopic (exact) mass is 485 g/mol. The average Bonchev–Trinajstić information content (AvgIpc) is 3.14. The van der Waals surface area contributed by atoms with E-state index >= 15 is 0 Å². The molecule has 3 aromatic rings. The van der Waals surface area contributed by atoms with Crippen molar-refractivity contribution in [2.24, 2.45) is 0 Å². The van der Waals surface area contributed by atoms with E-state index in [9.17, 15) is 14.7 Å². The van der Waals surface area contributed by atoms with E-state index in [0.717, 1.165) is 5.56 Å². The number of carbonyl (C=O) groups excluding carboxylic acids is 2. The van der Waals surface area contributed by atoms with E-state index in [1.807, 2.05) is 31.2 Å². The minimum atomic E-state index is -0.813. The van der Waals surface area contributed by atoms with Crippen LogP contribution < -0.4 is 14.4 Å². The fourth-order valence-corrected chi connectivity index (χ4v) is 4.38. The summed E-state index contributed by atoms with van der Waals surface area (Å²) in [5.74, 6) is -0.467. The van der Waals surface area contributed by atoms with Gasteiger partial charge in [0.1, 0.15) is 17.3 Å². The number of benzene rings is 3. The van der Waals surface area contributed by atoms with Crippen molar-refractivity contribution in [1.29, 1.82) is 0 Å². The van der Waals surface area contributed by atoms with E-state index in [0.29, 0.717) is 34.9 Å². The second kappa shape index (κ2) is 9.90. The lowest BCUT2D eigenvalue weighted by Crippen LogP contribution is -2.29. The molecular formula is C30H31NO5. The van der Waals surface area contributed by atoms with Crippen LogP contribution in [0.5, 0.6) is 11.5 Å². The van der Waals surface area contributed by atoms with Gasteiger partial charge in [0, 0.05) is 11.3 Å². The number of amides is 1. The van der Waals surface area contributed by atoms with Gasteiger partial charge in [-0.05, 0) is 59.9 Å². The number of aliphatic hydroxyl groups is 1. The van der Waals surface area contributed by atoms with Crippen molar-refractivity contribution in [3.8, 4) is 11.5 Å². The maximum Gasteiger partial charge on any atom is 0.300 e. The second-order valence-electron chi connectivity index (χ2n) is 9.70. The molecule has 4 rings (SSSR count). The molecule has 1 fully saturated rings. The molecule has 6 nitrogen and oxygen atoms in total. The van der Waals surface area contributed by atoms with Crippen molar-refractivity contribution < 1.29 is 24.2 Å². The lowest BCUT2D eigenvalue weighted by Gasteiger charge is -2.27. The Labute approximate surface area is 211 Å².